The quantitative estimate of drug-likeness (QED) is 0.333. The van der Waals surface area contributed by atoms with Crippen LogP contribution in [0, 0.1) is 0 Å². The van der Waals surface area contributed by atoms with Crippen LogP contribution in [0.1, 0.15) is 64.5 Å². The van der Waals surface area contributed by atoms with Gasteiger partial charge in [-0.25, -0.2) is 0 Å². The minimum Gasteiger partial charge on any atom is -0.297 e. The van der Waals surface area contributed by atoms with Crippen molar-refractivity contribution in [1.29, 1.82) is 0 Å². The van der Waals surface area contributed by atoms with Crippen molar-refractivity contribution in [2.24, 2.45) is 0 Å². The fraction of sp³-hybridized carbons (Fsp3) is 0.462. The van der Waals surface area contributed by atoms with Gasteiger partial charge in [-0.1, -0.05) is 62.2 Å². The molecule has 0 aromatic heterocycles. The largest absolute Gasteiger partial charge is 0.297 e. The van der Waals surface area contributed by atoms with Gasteiger partial charge in [-0.15, -0.1) is 6.58 Å². The standard InChI is InChI=1S/C26H33Br2NO/c1-6-16-26(20-8-12-22(27)13-9-20,21-10-14-23(28)15-11-21)19-30-29-24(2,3)17-7-18-25(29,4)5/h6,8-15H,1,7,16-19H2,2-5H3. The van der Waals surface area contributed by atoms with Crippen LogP contribution in [-0.2, 0) is 10.3 Å². The Labute approximate surface area is 198 Å². The predicted molar refractivity (Wildman–Crippen MR) is 134 cm³/mol. The molecular weight excluding hydrogens is 502 g/mol. The van der Waals surface area contributed by atoms with Crippen LogP contribution in [0.3, 0.4) is 0 Å². The number of hydroxylamine groups is 2. The van der Waals surface area contributed by atoms with E-state index in [0.29, 0.717) is 6.61 Å². The third-order valence-electron chi connectivity index (χ3n) is 6.40. The molecule has 1 aliphatic heterocycles. The van der Waals surface area contributed by atoms with Gasteiger partial charge in [-0.05, 0) is 88.8 Å². The van der Waals surface area contributed by atoms with E-state index >= 15 is 0 Å². The first-order valence-corrected chi connectivity index (χ1v) is 12.3. The Morgan fingerprint density at radius 1 is 0.900 bits per heavy atom. The summed E-state index contributed by atoms with van der Waals surface area (Å²) >= 11 is 7.16. The lowest BCUT2D eigenvalue weighted by molar-refractivity contribution is -0.286. The molecule has 1 fully saturated rings. The normalized spacial score (nSPS) is 18.9. The molecule has 0 spiro atoms. The van der Waals surface area contributed by atoms with E-state index in [2.05, 4.69) is 120 Å². The number of allylic oxidation sites excluding steroid dienone is 1. The lowest BCUT2D eigenvalue weighted by Gasteiger charge is -2.52. The maximum absolute atomic E-state index is 6.76. The highest BCUT2D eigenvalue weighted by Crippen LogP contribution is 2.42. The molecule has 0 bridgehead atoms. The summed E-state index contributed by atoms with van der Waals surface area (Å²) in [6, 6.07) is 17.2. The monoisotopic (exact) mass is 533 g/mol. The lowest BCUT2D eigenvalue weighted by atomic mass is 9.72. The summed E-state index contributed by atoms with van der Waals surface area (Å²) in [5.41, 5.74) is 2.16. The summed E-state index contributed by atoms with van der Waals surface area (Å²) in [6.45, 7) is 13.8. The first kappa shape index (κ1) is 23.7. The van der Waals surface area contributed by atoms with Gasteiger partial charge in [-0.3, -0.25) is 4.84 Å². The van der Waals surface area contributed by atoms with Gasteiger partial charge in [0, 0.05) is 25.4 Å². The second kappa shape index (κ2) is 9.28. The highest BCUT2D eigenvalue weighted by molar-refractivity contribution is 9.10. The molecule has 1 saturated heterocycles. The molecule has 162 valence electrons. The van der Waals surface area contributed by atoms with E-state index in [1.165, 1.54) is 17.5 Å². The molecule has 0 unspecified atom stereocenters. The summed E-state index contributed by atoms with van der Waals surface area (Å²) in [6.07, 6.45) is 6.32. The van der Waals surface area contributed by atoms with Crippen LogP contribution in [0.5, 0.6) is 0 Å². The third-order valence-corrected chi connectivity index (χ3v) is 7.46. The van der Waals surface area contributed by atoms with Gasteiger partial charge in [0.05, 0.1) is 6.61 Å². The molecule has 4 heteroatoms. The number of benzene rings is 2. The molecule has 3 rings (SSSR count). The molecule has 1 heterocycles. The lowest BCUT2D eigenvalue weighted by Crippen LogP contribution is -2.59. The molecule has 0 N–H and O–H groups in total. The van der Waals surface area contributed by atoms with Crippen molar-refractivity contribution < 1.29 is 4.84 Å². The Morgan fingerprint density at radius 2 is 1.33 bits per heavy atom. The molecule has 0 saturated carbocycles. The predicted octanol–water partition coefficient (Wildman–Crippen LogP) is 8.05. The summed E-state index contributed by atoms with van der Waals surface area (Å²) in [7, 11) is 0. The van der Waals surface area contributed by atoms with Crippen molar-refractivity contribution in [3.63, 3.8) is 0 Å². The van der Waals surface area contributed by atoms with Gasteiger partial charge in [0.1, 0.15) is 0 Å². The number of halogens is 2. The van der Waals surface area contributed by atoms with E-state index in [-0.39, 0.29) is 16.5 Å². The van der Waals surface area contributed by atoms with Crippen molar-refractivity contribution in [2.75, 3.05) is 6.61 Å². The highest BCUT2D eigenvalue weighted by atomic mass is 79.9. The van der Waals surface area contributed by atoms with Crippen molar-refractivity contribution >= 4 is 31.9 Å². The van der Waals surface area contributed by atoms with Crippen molar-refractivity contribution in [3.8, 4) is 0 Å². The molecule has 0 amide bonds. The van der Waals surface area contributed by atoms with Gasteiger partial charge in [-0.2, -0.15) is 5.06 Å². The first-order chi connectivity index (χ1) is 14.1. The van der Waals surface area contributed by atoms with Gasteiger partial charge < -0.3 is 0 Å². The van der Waals surface area contributed by atoms with Gasteiger partial charge >= 0.3 is 0 Å². The smallest absolute Gasteiger partial charge is 0.0826 e. The molecule has 2 nitrogen and oxygen atoms in total. The Kier molecular flexibility index (Phi) is 7.33. The summed E-state index contributed by atoms with van der Waals surface area (Å²) in [5, 5.41) is 2.26. The maximum Gasteiger partial charge on any atom is 0.0826 e. The van der Waals surface area contributed by atoms with E-state index in [4.69, 9.17) is 4.84 Å². The van der Waals surface area contributed by atoms with E-state index in [0.717, 1.165) is 28.2 Å². The Morgan fingerprint density at radius 3 is 1.73 bits per heavy atom. The number of hydrogen-bond acceptors (Lipinski definition) is 2. The molecule has 30 heavy (non-hydrogen) atoms. The molecule has 0 radical (unpaired) electrons. The number of hydrogen-bond donors (Lipinski definition) is 0. The number of piperidine rings is 1. The Hall–Kier alpha value is -0.940. The molecule has 0 atom stereocenters. The second-order valence-corrected chi connectivity index (χ2v) is 11.5. The van der Waals surface area contributed by atoms with Crippen LogP contribution in [0.2, 0.25) is 0 Å². The van der Waals surface area contributed by atoms with Crippen molar-refractivity contribution in [3.05, 3.63) is 81.3 Å². The molecule has 2 aromatic carbocycles. The van der Waals surface area contributed by atoms with Crippen LogP contribution >= 0.6 is 31.9 Å². The van der Waals surface area contributed by atoms with E-state index in [1.807, 2.05) is 6.08 Å². The maximum atomic E-state index is 6.76. The van der Waals surface area contributed by atoms with Crippen LogP contribution in [-0.4, -0.2) is 22.7 Å². The van der Waals surface area contributed by atoms with Gasteiger partial charge in [0.25, 0.3) is 0 Å². The average Bonchev–Trinajstić information content (AvgIpc) is 2.67. The molecule has 0 aliphatic carbocycles. The summed E-state index contributed by atoms with van der Waals surface area (Å²) in [4.78, 5) is 6.76. The Balaban J connectivity index is 2.05. The zero-order valence-electron chi connectivity index (χ0n) is 18.6. The Bertz CT molecular complexity index is 794. The van der Waals surface area contributed by atoms with E-state index < -0.39 is 0 Å². The summed E-state index contributed by atoms with van der Waals surface area (Å²) < 4.78 is 2.16. The molecule has 2 aromatic rings. The summed E-state index contributed by atoms with van der Waals surface area (Å²) in [5.74, 6) is 0. The zero-order chi connectivity index (χ0) is 22.0. The minimum absolute atomic E-state index is 0.00109. The van der Waals surface area contributed by atoms with Crippen molar-refractivity contribution in [2.45, 2.75) is 69.9 Å². The van der Waals surface area contributed by atoms with Gasteiger partial charge in [0.2, 0.25) is 0 Å². The number of nitrogens with zero attached hydrogens (tertiary/aromatic N) is 1. The van der Waals surface area contributed by atoms with Crippen LogP contribution < -0.4 is 0 Å². The third kappa shape index (κ3) is 4.93. The van der Waals surface area contributed by atoms with E-state index in [1.54, 1.807) is 0 Å². The van der Waals surface area contributed by atoms with Crippen molar-refractivity contribution in [1.82, 2.24) is 5.06 Å². The van der Waals surface area contributed by atoms with Crippen LogP contribution in [0.4, 0.5) is 0 Å². The van der Waals surface area contributed by atoms with Crippen LogP contribution in [0.15, 0.2) is 70.1 Å². The minimum atomic E-state index is -0.313. The fourth-order valence-corrected chi connectivity index (χ4v) is 5.44. The topological polar surface area (TPSA) is 12.5 Å². The first-order valence-electron chi connectivity index (χ1n) is 10.7. The van der Waals surface area contributed by atoms with Crippen LogP contribution in [0.25, 0.3) is 0 Å². The molecule has 1 aliphatic rings. The van der Waals surface area contributed by atoms with Gasteiger partial charge in [0.15, 0.2) is 0 Å². The highest BCUT2D eigenvalue weighted by Gasteiger charge is 2.44. The zero-order valence-corrected chi connectivity index (χ0v) is 21.7. The molecular formula is C26H33Br2NO. The second-order valence-electron chi connectivity index (χ2n) is 9.63. The SMILES string of the molecule is C=CCC(CON1C(C)(C)CCCC1(C)C)(c1ccc(Br)cc1)c1ccc(Br)cc1. The van der Waals surface area contributed by atoms with E-state index in [9.17, 15) is 0 Å². The fourth-order valence-electron chi connectivity index (χ4n) is 4.91. The number of rotatable bonds is 7. The average molecular weight is 535 g/mol.